The summed E-state index contributed by atoms with van der Waals surface area (Å²) in [7, 11) is 0. The first-order chi connectivity index (χ1) is 11.2. The van der Waals surface area contributed by atoms with Gasteiger partial charge in [0.2, 0.25) is 0 Å². The molecule has 0 aliphatic heterocycles. The van der Waals surface area contributed by atoms with E-state index in [1.165, 1.54) is 38.5 Å². The average molecular weight is 333 g/mol. The van der Waals surface area contributed by atoms with Crippen molar-refractivity contribution in [1.82, 2.24) is 0 Å². The molecule has 1 N–H and O–H groups in total. The predicted octanol–water partition coefficient (Wildman–Crippen LogP) is 4.99. The molecule has 24 heavy (non-hydrogen) atoms. The maximum Gasteiger partial charge on any atom is 0.133 e. The minimum Gasteiger partial charge on any atom is -0.390 e. The Bertz CT molecular complexity index is 538. The third-order valence-corrected chi connectivity index (χ3v) is 9.44. The largest absolute Gasteiger partial charge is 0.390 e. The summed E-state index contributed by atoms with van der Waals surface area (Å²) in [6.07, 6.45) is 10.8. The van der Waals surface area contributed by atoms with Gasteiger partial charge in [0.05, 0.1) is 5.60 Å². The first kappa shape index (κ1) is 17.1. The number of hydrogen-bond acceptors (Lipinski definition) is 2. The molecular formula is C22H36O2. The van der Waals surface area contributed by atoms with Crippen LogP contribution in [0.4, 0.5) is 0 Å². The number of rotatable bonds is 1. The maximum absolute atomic E-state index is 12.2. The van der Waals surface area contributed by atoms with Crippen LogP contribution >= 0.6 is 0 Å². The second-order valence-corrected chi connectivity index (χ2v) is 10.6. The lowest BCUT2D eigenvalue weighted by molar-refractivity contribution is -0.150. The fourth-order valence-corrected chi connectivity index (χ4v) is 8.10. The Morgan fingerprint density at radius 1 is 0.875 bits per heavy atom. The van der Waals surface area contributed by atoms with Crippen LogP contribution in [0.25, 0.3) is 0 Å². The molecule has 0 bridgehead atoms. The molecule has 2 heteroatoms. The maximum atomic E-state index is 12.2. The van der Waals surface area contributed by atoms with Gasteiger partial charge < -0.3 is 5.11 Å². The van der Waals surface area contributed by atoms with E-state index < -0.39 is 5.60 Å². The number of fused-ring (bicyclic) bond motifs is 5. The van der Waals surface area contributed by atoms with Crippen molar-refractivity contribution in [2.45, 2.75) is 91.1 Å². The first-order valence-electron chi connectivity index (χ1n) is 10.4. The summed E-state index contributed by atoms with van der Waals surface area (Å²) in [5.41, 5.74) is 0.268. The lowest BCUT2D eigenvalue weighted by Crippen LogP contribution is -2.55. The molecule has 4 aliphatic rings. The van der Waals surface area contributed by atoms with Crippen molar-refractivity contribution in [3.05, 3.63) is 0 Å². The van der Waals surface area contributed by atoms with Crippen molar-refractivity contribution in [2.24, 2.45) is 40.4 Å². The van der Waals surface area contributed by atoms with E-state index in [2.05, 4.69) is 13.8 Å². The van der Waals surface area contributed by atoms with Crippen molar-refractivity contribution in [2.75, 3.05) is 0 Å². The molecule has 4 rings (SSSR count). The van der Waals surface area contributed by atoms with Gasteiger partial charge in [0.15, 0.2) is 0 Å². The number of carbonyl (C=O) groups excluding carboxylic acids is 1. The first-order valence-corrected chi connectivity index (χ1v) is 10.4. The zero-order valence-electron chi connectivity index (χ0n) is 16.1. The van der Waals surface area contributed by atoms with Crippen molar-refractivity contribution >= 4 is 5.78 Å². The number of Topliss-reactive ketones (excluding diaryl/α,β-unsaturated/α-hetero) is 1. The van der Waals surface area contributed by atoms with E-state index in [0.29, 0.717) is 23.0 Å². The summed E-state index contributed by atoms with van der Waals surface area (Å²) in [4.78, 5) is 12.2. The van der Waals surface area contributed by atoms with E-state index in [1.807, 2.05) is 13.8 Å². The van der Waals surface area contributed by atoms with E-state index in [0.717, 1.165) is 37.0 Å². The molecule has 0 aromatic carbocycles. The van der Waals surface area contributed by atoms with Crippen LogP contribution in [-0.2, 0) is 4.79 Å². The summed E-state index contributed by atoms with van der Waals surface area (Å²) in [5, 5.41) is 10.6. The zero-order chi connectivity index (χ0) is 17.3. The van der Waals surface area contributed by atoms with E-state index in [4.69, 9.17) is 0 Å². The molecule has 2 nitrogen and oxygen atoms in total. The summed E-state index contributed by atoms with van der Waals surface area (Å²) in [6, 6.07) is 0. The van der Waals surface area contributed by atoms with Gasteiger partial charge in [-0.05, 0) is 106 Å². The number of ketones is 1. The molecule has 0 spiro atoms. The van der Waals surface area contributed by atoms with Crippen LogP contribution in [-0.4, -0.2) is 16.5 Å². The molecule has 4 saturated carbocycles. The molecule has 0 aromatic heterocycles. The van der Waals surface area contributed by atoms with Crippen molar-refractivity contribution in [3.8, 4) is 0 Å². The highest BCUT2D eigenvalue weighted by Crippen LogP contribution is 2.68. The molecule has 136 valence electrons. The third-order valence-electron chi connectivity index (χ3n) is 9.44. The molecule has 0 radical (unpaired) electrons. The van der Waals surface area contributed by atoms with Gasteiger partial charge in [0, 0.05) is 5.92 Å². The van der Waals surface area contributed by atoms with Crippen LogP contribution in [0.15, 0.2) is 0 Å². The van der Waals surface area contributed by atoms with Crippen LogP contribution in [0.5, 0.6) is 0 Å². The van der Waals surface area contributed by atoms with Gasteiger partial charge in [-0.3, -0.25) is 4.79 Å². The summed E-state index contributed by atoms with van der Waals surface area (Å²) >= 11 is 0. The second-order valence-electron chi connectivity index (χ2n) is 10.6. The summed E-state index contributed by atoms with van der Waals surface area (Å²) < 4.78 is 0. The van der Waals surface area contributed by atoms with Gasteiger partial charge in [-0.2, -0.15) is 0 Å². The minimum atomic E-state index is -0.437. The Morgan fingerprint density at radius 2 is 1.58 bits per heavy atom. The van der Waals surface area contributed by atoms with Crippen LogP contribution in [0, 0.1) is 40.4 Å². The van der Waals surface area contributed by atoms with Crippen LogP contribution < -0.4 is 0 Å². The summed E-state index contributed by atoms with van der Waals surface area (Å²) in [5.74, 6) is 3.89. The van der Waals surface area contributed by atoms with Crippen molar-refractivity contribution in [1.29, 1.82) is 0 Å². The molecule has 4 aliphatic carbocycles. The molecule has 0 saturated heterocycles. The smallest absolute Gasteiger partial charge is 0.133 e. The highest BCUT2D eigenvalue weighted by Gasteiger charge is 2.61. The van der Waals surface area contributed by atoms with Crippen molar-refractivity contribution < 1.29 is 9.90 Å². The number of hydrogen-bond donors (Lipinski definition) is 1. The molecule has 4 unspecified atom stereocenters. The monoisotopic (exact) mass is 332 g/mol. The molecule has 4 fully saturated rings. The highest BCUT2D eigenvalue weighted by molar-refractivity contribution is 5.79. The number of carbonyl (C=O) groups is 1. The lowest BCUT2D eigenvalue weighted by Gasteiger charge is -2.61. The molecule has 0 amide bonds. The van der Waals surface area contributed by atoms with Gasteiger partial charge in [-0.1, -0.05) is 13.8 Å². The van der Waals surface area contributed by atoms with Gasteiger partial charge in [-0.25, -0.2) is 0 Å². The fourth-order valence-electron chi connectivity index (χ4n) is 8.10. The Hall–Kier alpha value is -0.370. The second kappa shape index (κ2) is 5.32. The quantitative estimate of drug-likeness (QED) is 0.735. The lowest BCUT2D eigenvalue weighted by atomic mass is 9.44. The van der Waals surface area contributed by atoms with Crippen molar-refractivity contribution in [3.63, 3.8) is 0 Å². The van der Waals surface area contributed by atoms with Gasteiger partial charge in [-0.15, -0.1) is 0 Å². The van der Waals surface area contributed by atoms with E-state index in [-0.39, 0.29) is 5.41 Å². The predicted molar refractivity (Wildman–Crippen MR) is 96.5 cm³/mol. The Balaban J connectivity index is 1.61. The molecular weight excluding hydrogens is 296 g/mol. The van der Waals surface area contributed by atoms with Crippen LogP contribution in [0.3, 0.4) is 0 Å². The van der Waals surface area contributed by atoms with Gasteiger partial charge in [0.1, 0.15) is 5.78 Å². The minimum absolute atomic E-state index is 0.274. The van der Waals surface area contributed by atoms with Crippen LogP contribution in [0.1, 0.15) is 85.5 Å². The summed E-state index contributed by atoms with van der Waals surface area (Å²) in [6.45, 7) is 8.85. The van der Waals surface area contributed by atoms with E-state index >= 15 is 0 Å². The number of aliphatic hydroxyl groups is 1. The van der Waals surface area contributed by atoms with Gasteiger partial charge in [0.25, 0.3) is 0 Å². The highest BCUT2D eigenvalue weighted by atomic mass is 16.3. The Morgan fingerprint density at radius 3 is 2.29 bits per heavy atom. The van der Waals surface area contributed by atoms with E-state index in [9.17, 15) is 9.90 Å². The molecule has 0 aromatic rings. The Kier molecular flexibility index (Phi) is 3.78. The van der Waals surface area contributed by atoms with Crippen LogP contribution in [0.2, 0.25) is 0 Å². The third kappa shape index (κ3) is 2.27. The molecule has 0 heterocycles. The zero-order valence-corrected chi connectivity index (χ0v) is 16.1. The standard InChI is InChI=1S/C22H36O2/c1-14(23)17-7-8-18-16-6-5-15-13-20(2,24)11-12-21(15,3)19(16)9-10-22(17,18)4/h15-19,24H,5-13H2,1-4H3/t15?,16?,17-,18?,19?,20+,21+,22-/m1/s1. The normalized spacial score (nSPS) is 57.0. The topological polar surface area (TPSA) is 37.3 Å². The Labute approximate surface area is 147 Å². The van der Waals surface area contributed by atoms with E-state index in [1.54, 1.807) is 0 Å². The fraction of sp³-hybridized carbons (Fsp3) is 0.955. The molecule has 8 atom stereocenters. The SMILES string of the molecule is CC(=O)[C@H]1CCC2C3CCC4C[C@@](C)(O)CC[C@]4(C)C3CC[C@@]21C. The van der Waals surface area contributed by atoms with Gasteiger partial charge >= 0.3 is 0 Å². The average Bonchev–Trinajstić information content (AvgIpc) is 2.85.